The lowest BCUT2D eigenvalue weighted by molar-refractivity contribution is -0.113. The topological polar surface area (TPSA) is 83.6 Å². The first kappa shape index (κ1) is 23.6. The van der Waals surface area contributed by atoms with Crippen molar-refractivity contribution >= 4 is 45.8 Å². The number of amides is 1. The highest BCUT2D eigenvalue weighted by Gasteiger charge is 2.22. The lowest BCUT2D eigenvalue weighted by Gasteiger charge is -2.09. The molecule has 1 aromatic carbocycles. The van der Waals surface area contributed by atoms with E-state index in [2.05, 4.69) is 40.3 Å². The van der Waals surface area contributed by atoms with Crippen molar-refractivity contribution in [2.75, 3.05) is 11.1 Å². The summed E-state index contributed by atoms with van der Waals surface area (Å²) in [4.78, 5) is 13.9. The normalized spacial score (nSPS) is 12.7. The van der Waals surface area contributed by atoms with Crippen LogP contribution in [-0.2, 0) is 35.7 Å². The number of benzene rings is 1. The van der Waals surface area contributed by atoms with E-state index in [4.69, 9.17) is 0 Å². The second kappa shape index (κ2) is 11.5. The average molecular weight is 496 g/mol. The maximum Gasteiger partial charge on any atom is 0.235 e. The van der Waals surface area contributed by atoms with Crippen LogP contribution in [0.4, 0.5) is 5.00 Å². The third-order valence-electron chi connectivity index (χ3n) is 5.32. The van der Waals surface area contributed by atoms with Crippen LogP contribution in [0.2, 0.25) is 0 Å². The number of aromatic nitrogens is 3. The quantitative estimate of drug-likeness (QED) is 0.298. The van der Waals surface area contributed by atoms with Crippen molar-refractivity contribution in [1.82, 2.24) is 14.8 Å². The van der Waals surface area contributed by atoms with Crippen molar-refractivity contribution in [2.24, 2.45) is 0 Å². The zero-order valence-electron chi connectivity index (χ0n) is 18.2. The van der Waals surface area contributed by atoms with Crippen LogP contribution in [0, 0.1) is 11.3 Å². The van der Waals surface area contributed by atoms with Gasteiger partial charge in [0, 0.05) is 17.2 Å². The highest BCUT2D eigenvalue weighted by Crippen LogP contribution is 2.37. The number of aryl methyl sites for hydroxylation is 1. The van der Waals surface area contributed by atoms with Gasteiger partial charge in [0.1, 0.15) is 16.9 Å². The number of thioether (sulfide) groups is 2. The Bertz CT molecular complexity index is 1160. The molecule has 0 saturated heterocycles. The second-order valence-electron chi connectivity index (χ2n) is 7.64. The van der Waals surface area contributed by atoms with Gasteiger partial charge in [0.15, 0.2) is 5.16 Å². The summed E-state index contributed by atoms with van der Waals surface area (Å²) in [5.41, 5.74) is 3.04. The minimum Gasteiger partial charge on any atom is -0.316 e. The summed E-state index contributed by atoms with van der Waals surface area (Å²) < 4.78 is 2.01. The van der Waals surface area contributed by atoms with E-state index in [0.29, 0.717) is 22.3 Å². The SMILES string of the molecule is C=CCn1c(CSCc2ccccc2)nnc1SCC(=O)Nc1sc2c(c1C#N)CCCC2. The molecule has 0 saturated carbocycles. The van der Waals surface area contributed by atoms with E-state index >= 15 is 0 Å². The predicted molar refractivity (Wildman–Crippen MR) is 137 cm³/mol. The molecule has 0 atom stereocenters. The standard InChI is InChI=1S/C24H25N5OS3/c1-2-12-29-21(15-31-14-17-8-4-3-5-9-17)27-28-24(29)32-16-22(30)26-23-19(13-25)18-10-6-7-11-20(18)33-23/h2-5,8-9H,1,6-7,10-12,14-16H2,(H,26,30). The molecule has 1 amide bonds. The second-order valence-corrected chi connectivity index (χ2v) is 10.7. The number of anilines is 1. The van der Waals surface area contributed by atoms with Gasteiger partial charge in [-0.3, -0.25) is 4.79 Å². The van der Waals surface area contributed by atoms with E-state index in [0.717, 1.165) is 48.6 Å². The first-order valence-electron chi connectivity index (χ1n) is 10.8. The molecule has 0 aliphatic heterocycles. The Kier molecular flexibility index (Phi) is 8.26. The monoisotopic (exact) mass is 495 g/mol. The molecular formula is C24H25N5OS3. The molecule has 3 aromatic rings. The largest absolute Gasteiger partial charge is 0.316 e. The Balaban J connectivity index is 1.36. The molecule has 170 valence electrons. The van der Waals surface area contributed by atoms with Gasteiger partial charge in [-0.05, 0) is 36.8 Å². The third-order valence-corrected chi connectivity index (χ3v) is 8.49. The zero-order chi connectivity index (χ0) is 23.0. The number of hydrogen-bond acceptors (Lipinski definition) is 7. The smallest absolute Gasteiger partial charge is 0.235 e. The molecule has 0 radical (unpaired) electrons. The van der Waals surface area contributed by atoms with E-state index in [1.54, 1.807) is 23.1 Å². The Morgan fingerprint density at radius 2 is 2.06 bits per heavy atom. The fraction of sp³-hybridized carbons (Fsp3) is 0.333. The Labute approximate surface area is 206 Å². The van der Waals surface area contributed by atoms with E-state index in [-0.39, 0.29) is 11.7 Å². The molecule has 33 heavy (non-hydrogen) atoms. The van der Waals surface area contributed by atoms with Gasteiger partial charge in [-0.2, -0.15) is 5.26 Å². The molecule has 1 aliphatic carbocycles. The predicted octanol–water partition coefficient (Wildman–Crippen LogP) is 5.44. The Hall–Kier alpha value is -2.54. The number of rotatable bonds is 10. The molecule has 2 heterocycles. The minimum absolute atomic E-state index is 0.136. The summed E-state index contributed by atoms with van der Waals surface area (Å²) in [7, 11) is 0. The van der Waals surface area contributed by atoms with Gasteiger partial charge in [0.25, 0.3) is 0 Å². The number of nitrogens with zero attached hydrogens (tertiary/aromatic N) is 4. The first-order valence-corrected chi connectivity index (χ1v) is 13.8. The van der Waals surface area contributed by atoms with Crippen LogP contribution in [-0.4, -0.2) is 26.4 Å². The summed E-state index contributed by atoms with van der Waals surface area (Å²) in [6.07, 6.45) is 5.98. The molecule has 1 aliphatic rings. The van der Waals surface area contributed by atoms with Gasteiger partial charge < -0.3 is 9.88 Å². The van der Waals surface area contributed by atoms with Gasteiger partial charge >= 0.3 is 0 Å². The van der Waals surface area contributed by atoms with Gasteiger partial charge in [-0.15, -0.1) is 39.9 Å². The van der Waals surface area contributed by atoms with Crippen LogP contribution >= 0.6 is 34.9 Å². The van der Waals surface area contributed by atoms with Crippen LogP contribution in [0.3, 0.4) is 0 Å². The van der Waals surface area contributed by atoms with E-state index in [1.807, 2.05) is 28.8 Å². The van der Waals surface area contributed by atoms with Crippen molar-refractivity contribution in [3.63, 3.8) is 0 Å². The number of nitrogens with one attached hydrogen (secondary N) is 1. The van der Waals surface area contributed by atoms with Crippen molar-refractivity contribution < 1.29 is 4.79 Å². The highest BCUT2D eigenvalue weighted by molar-refractivity contribution is 7.99. The fourth-order valence-electron chi connectivity index (χ4n) is 3.74. The number of allylic oxidation sites excluding steroid dienone is 1. The Morgan fingerprint density at radius 3 is 2.85 bits per heavy atom. The number of carbonyl (C=O) groups excluding carboxylic acids is 1. The van der Waals surface area contributed by atoms with Crippen LogP contribution in [0.25, 0.3) is 0 Å². The average Bonchev–Trinajstić information content (AvgIpc) is 3.38. The van der Waals surface area contributed by atoms with Crippen LogP contribution in [0.5, 0.6) is 0 Å². The van der Waals surface area contributed by atoms with Gasteiger partial charge in [-0.25, -0.2) is 0 Å². The number of fused-ring (bicyclic) bond motifs is 1. The molecule has 1 N–H and O–H groups in total. The van der Waals surface area contributed by atoms with Gasteiger partial charge in [-0.1, -0.05) is 48.2 Å². The molecule has 4 rings (SSSR count). The van der Waals surface area contributed by atoms with Crippen molar-refractivity contribution in [3.05, 3.63) is 70.4 Å². The molecule has 2 aromatic heterocycles. The number of nitriles is 1. The van der Waals surface area contributed by atoms with Crippen LogP contribution in [0.15, 0.2) is 48.1 Å². The summed E-state index contributed by atoms with van der Waals surface area (Å²) in [6, 6.07) is 12.6. The molecule has 0 bridgehead atoms. The first-order chi connectivity index (χ1) is 16.2. The Morgan fingerprint density at radius 1 is 1.24 bits per heavy atom. The maximum absolute atomic E-state index is 12.7. The molecular weight excluding hydrogens is 470 g/mol. The lowest BCUT2D eigenvalue weighted by Crippen LogP contribution is -2.15. The van der Waals surface area contributed by atoms with Crippen molar-refractivity contribution in [2.45, 2.75) is 48.9 Å². The van der Waals surface area contributed by atoms with Crippen molar-refractivity contribution in [1.29, 1.82) is 5.26 Å². The fourth-order valence-corrected chi connectivity index (χ4v) is 6.69. The number of carbonyl (C=O) groups is 1. The number of hydrogen-bond donors (Lipinski definition) is 1. The molecule has 0 fully saturated rings. The maximum atomic E-state index is 12.7. The van der Waals surface area contributed by atoms with Crippen molar-refractivity contribution in [3.8, 4) is 6.07 Å². The summed E-state index contributed by atoms with van der Waals surface area (Å²) in [5.74, 6) is 2.58. The van der Waals surface area contributed by atoms with E-state index < -0.39 is 0 Å². The molecule has 9 heteroatoms. The number of thiophene rings is 1. The highest BCUT2D eigenvalue weighted by atomic mass is 32.2. The van der Waals surface area contributed by atoms with E-state index in [1.165, 1.54) is 22.2 Å². The molecule has 6 nitrogen and oxygen atoms in total. The van der Waals surface area contributed by atoms with E-state index in [9.17, 15) is 10.1 Å². The minimum atomic E-state index is -0.136. The third kappa shape index (κ3) is 5.88. The summed E-state index contributed by atoms with van der Waals surface area (Å²) in [6.45, 7) is 4.44. The molecule has 0 spiro atoms. The van der Waals surface area contributed by atoms with Crippen LogP contribution < -0.4 is 5.32 Å². The summed E-state index contributed by atoms with van der Waals surface area (Å²) in [5, 5.41) is 22.6. The summed E-state index contributed by atoms with van der Waals surface area (Å²) >= 11 is 4.68. The van der Waals surface area contributed by atoms with Crippen LogP contribution in [0.1, 0.15) is 40.2 Å². The van der Waals surface area contributed by atoms with Gasteiger partial charge in [0.2, 0.25) is 5.91 Å². The van der Waals surface area contributed by atoms with Gasteiger partial charge in [0.05, 0.1) is 17.1 Å². The lowest BCUT2D eigenvalue weighted by atomic mass is 9.96. The molecule has 0 unspecified atom stereocenters. The zero-order valence-corrected chi connectivity index (χ0v) is 20.7.